The topological polar surface area (TPSA) is 123 Å². The number of thiazole rings is 1. The molecule has 0 radical (unpaired) electrons. The number of aromatic nitrogens is 1. The lowest BCUT2D eigenvalue weighted by Crippen LogP contribution is -2.48. The molecule has 2 saturated heterocycles. The van der Waals surface area contributed by atoms with Crippen LogP contribution in [0.15, 0.2) is 18.2 Å². The standard InChI is InChI=1S/C20H27N5O5S2/c1-4-8-23(3)32(29,30)24-9-7-15-17(24)12(2)18(26)25(15)19-22-14-6-5-13(10-16(14)31-19)11-21-20(27)28/h5-6,10,12,15,17,21H,4,7-9,11H2,1-3H3,(H,27,28)/t12-,15-,17+/m0/s1. The largest absolute Gasteiger partial charge is 0.465 e. The summed E-state index contributed by atoms with van der Waals surface area (Å²) >= 11 is 1.36. The van der Waals surface area contributed by atoms with Crippen LogP contribution in [-0.2, 0) is 21.5 Å². The molecule has 0 spiro atoms. The molecule has 10 nitrogen and oxygen atoms in total. The van der Waals surface area contributed by atoms with E-state index in [1.807, 2.05) is 13.0 Å². The molecule has 2 fully saturated rings. The number of amides is 2. The van der Waals surface area contributed by atoms with E-state index in [4.69, 9.17) is 5.11 Å². The highest BCUT2D eigenvalue weighted by molar-refractivity contribution is 7.86. The zero-order valence-corrected chi connectivity index (χ0v) is 19.8. The predicted molar refractivity (Wildman–Crippen MR) is 122 cm³/mol. The maximum atomic E-state index is 13.2. The van der Waals surface area contributed by atoms with Crippen LogP contribution in [0.5, 0.6) is 0 Å². The highest BCUT2D eigenvalue weighted by Crippen LogP contribution is 2.43. The monoisotopic (exact) mass is 481 g/mol. The fraction of sp³-hybridized carbons (Fsp3) is 0.550. The van der Waals surface area contributed by atoms with Crippen LogP contribution in [0.25, 0.3) is 10.2 Å². The molecule has 0 bridgehead atoms. The van der Waals surface area contributed by atoms with Crippen LogP contribution < -0.4 is 10.2 Å². The molecule has 0 unspecified atom stereocenters. The van der Waals surface area contributed by atoms with Crippen molar-refractivity contribution in [3.63, 3.8) is 0 Å². The van der Waals surface area contributed by atoms with Gasteiger partial charge in [0.15, 0.2) is 5.13 Å². The lowest BCUT2D eigenvalue weighted by atomic mass is 10.0. The van der Waals surface area contributed by atoms with Crippen LogP contribution in [0.4, 0.5) is 9.93 Å². The summed E-state index contributed by atoms with van der Waals surface area (Å²) in [5.74, 6) is -0.584. The summed E-state index contributed by atoms with van der Waals surface area (Å²) in [6, 6.07) is 4.79. The Labute approximate surface area is 191 Å². The Morgan fingerprint density at radius 2 is 2.16 bits per heavy atom. The maximum Gasteiger partial charge on any atom is 0.404 e. The fourth-order valence-corrected chi connectivity index (χ4v) is 7.46. The van der Waals surface area contributed by atoms with E-state index in [2.05, 4.69) is 10.3 Å². The van der Waals surface area contributed by atoms with Gasteiger partial charge in [-0.3, -0.25) is 9.69 Å². The molecule has 4 rings (SSSR count). The molecule has 3 atom stereocenters. The Kier molecular flexibility index (Phi) is 6.14. The van der Waals surface area contributed by atoms with E-state index < -0.39 is 28.3 Å². The van der Waals surface area contributed by atoms with Gasteiger partial charge in [-0.25, -0.2) is 9.78 Å². The Balaban J connectivity index is 1.62. The summed E-state index contributed by atoms with van der Waals surface area (Å²) in [4.78, 5) is 30.2. The van der Waals surface area contributed by atoms with Crippen molar-refractivity contribution < 1.29 is 23.1 Å². The molecule has 12 heteroatoms. The van der Waals surface area contributed by atoms with Crippen LogP contribution in [0, 0.1) is 5.92 Å². The summed E-state index contributed by atoms with van der Waals surface area (Å²) in [7, 11) is -2.07. The van der Waals surface area contributed by atoms with Gasteiger partial charge in [0.2, 0.25) is 5.91 Å². The third-order valence-corrected chi connectivity index (χ3v) is 9.17. The number of fused-ring (bicyclic) bond motifs is 2. The lowest BCUT2D eigenvalue weighted by Gasteiger charge is -2.29. The van der Waals surface area contributed by atoms with E-state index in [0.717, 1.165) is 15.8 Å². The second-order valence-electron chi connectivity index (χ2n) is 8.24. The SMILES string of the molecule is CCCN(C)S(=O)(=O)N1CC[C@H]2[C@H]1[C@H](C)C(=O)N2c1nc2ccc(CNC(=O)O)cc2s1. The van der Waals surface area contributed by atoms with Crippen molar-refractivity contribution in [2.75, 3.05) is 25.0 Å². The van der Waals surface area contributed by atoms with Crippen LogP contribution in [0.2, 0.25) is 0 Å². The third-order valence-electron chi connectivity index (χ3n) is 6.16. The van der Waals surface area contributed by atoms with Crippen LogP contribution in [0.1, 0.15) is 32.3 Å². The molecule has 2 aliphatic rings. The summed E-state index contributed by atoms with van der Waals surface area (Å²) in [6.07, 6.45) is 0.181. The Bertz CT molecular complexity index is 1150. The van der Waals surface area contributed by atoms with Gasteiger partial charge in [0, 0.05) is 26.7 Å². The molecule has 3 heterocycles. The molecule has 0 saturated carbocycles. The first-order valence-electron chi connectivity index (χ1n) is 10.6. The van der Waals surface area contributed by atoms with Crippen molar-refractivity contribution in [2.24, 2.45) is 5.92 Å². The number of carbonyl (C=O) groups is 2. The van der Waals surface area contributed by atoms with Gasteiger partial charge in [0.25, 0.3) is 10.2 Å². The van der Waals surface area contributed by atoms with Gasteiger partial charge in [-0.2, -0.15) is 17.0 Å². The number of rotatable bonds is 7. The van der Waals surface area contributed by atoms with E-state index >= 15 is 0 Å². The Morgan fingerprint density at radius 1 is 1.41 bits per heavy atom. The third kappa shape index (κ3) is 3.85. The van der Waals surface area contributed by atoms with Crippen LogP contribution in [-0.4, -0.2) is 71.3 Å². The first-order valence-corrected chi connectivity index (χ1v) is 12.8. The van der Waals surface area contributed by atoms with Crippen molar-refractivity contribution in [1.29, 1.82) is 0 Å². The minimum Gasteiger partial charge on any atom is -0.465 e. The summed E-state index contributed by atoms with van der Waals surface area (Å²) in [5.41, 5.74) is 1.52. The van der Waals surface area contributed by atoms with Crippen molar-refractivity contribution in [3.8, 4) is 0 Å². The van der Waals surface area contributed by atoms with E-state index in [9.17, 15) is 18.0 Å². The number of hydrogen-bond donors (Lipinski definition) is 2. The highest BCUT2D eigenvalue weighted by atomic mass is 32.2. The Hall–Kier alpha value is -2.28. The summed E-state index contributed by atoms with van der Waals surface area (Å²) < 4.78 is 29.9. The molecule has 1 aromatic heterocycles. The zero-order valence-electron chi connectivity index (χ0n) is 18.2. The van der Waals surface area contributed by atoms with E-state index in [1.54, 1.807) is 31.0 Å². The van der Waals surface area contributed by atoms with Gasteiger partial charge in [-0.1, -0.05) is 31.3 Å². The molecule has 2 aliphatic heterocycles. The number of hydrogen-bond acceptors (Lipinski definition) is 6. The molecule has 1 aromatic carbocycles. The number of carboxylic acid groups (broad SMARTS) is 1. The number of nitrogens with one attached hydrogen (secondary N) is 1. The van der Waals surface area contributed by atoms with Crippen molar-refractivity contribution in [3.05, 3.63) is 23.8 Å². The normalized spacial score (nSPS) is 23.9. The number of anilines is 1. The minimum absolute atomic E-state index is 0.120. The van der Waals surface area contributed by atoms with Gasteiger partial charge >= 0.3 is 6.09 Å². The first kappa shape index (κ1) is 22.9. The lowest BCUT2D eigenvalue weighted by molar-refractivity contribution is -0.120. The van der Waals surface area contributed by atoms with Crippen molar-refractivity contribution >= 4 is 48.9 Å². The predicted octanol–water partition coefficient (Wildman–Crippen LogP) is 2.08. The average molecular weight is 482 g/mol. The number of benzene rings is 1. The minimum atomic E-state index is -3.64. The Morgan fingerprint density at radius 3 is 2.84 bits per heavy atom. The molecule has 2 N–H and O–H groups in total. The van der Waals surface area contributed by atoms with Crippen molar-refractivity contribution in [2.45, 2.75) is 45.3 Å². The van der Waals surface area contributed by atoms with Gasteiger partial charge < -0.3 is 10.4 Å². The van der Waals surface area contributed by atoms with Gasteiger partial charge in [-0.05, 0) is 30.5 Å². The molecule has 2 aromatic rings. The molecule has 2 amide bonds. The number of carbonyl (C=O) groups excluding carboxylic acids is 1. The zero-order chi connectivity index (χ0) is 23.2. The summed E-state index contributed by atoms with van der Waals surface area (Å²) in [6.45, 7) is 4.70. The van der Waals surface area contributed by atoms with Crippen LogP contribution in [0.3, 0.4) is 0 Å². The molecule has 32 heavy (non-hydrogen) atoms. The maximum absolute atomic E-state index is 13.2. The second kappa shape index (κ2) is 8.58. The molecular formula is C20H27N5O5S2. The van der Waals surface area contributed by atoms with E-state index in [1.165, 1.54) is 19.9 Å². The van der Waals surface area contributed by atoms with E-state index in [0.29, 0.717) is 31.1 Å². The van der Waals surface area contributed by atoms with E-state index in [-0.39, 0.29) is 18.5 Å². The first-order chi connectivity index (χ1) is 15.1. The average Bonchev–Trinajstić information content (AvgIpc) is 3.41. The molecule has 0 aliphatic carbocycles. The highest BCUT2D eigenvalue weighted by Gasteiger charge is 2.56. The van der Waals surface area contributed by atoms with Gasteiger partial charge in [0.05, 0.1) is 28.2 Å². The van der Waals surface area contributed by atoms with Crippen molar-refractivity contribution in [1.82, 2.24) is 18.9 Å². The smallest absolute Gasteiger partial charge is 0.404 e. The summed E-state index contributed by atoms with van der Waals surface area (Å²) in [5, 5.41) is 11.7. The van der Waals surface area contributed by atoms with Gasteiger partial charge in [0.1, 0.15) is 0 Å². The van der Waals surface area contributed by atoms with Crippen LogP contribution >= 0.6 is 11.3 Å². The fourth-order valence-electron chi connectivity index (χ4n) is 4.63. The van der Waals surface area contributed by atoms with Gasteiger partial charge in [-0.15, -0.1) is 0 Å². The molecular weight excluding hydrogens is 454 g/mol. The quantitative estimate of drug-likeness (QED) is 0.624. The number of nitrogens with zero attached hydrogens (tertiary/aromatic N) is 4. The molecule has 174 valence electrons. The second-order valence-corrected chi connectivity index (χ2v) is 11.2.